The monoisotopic (exact) mass is 898 g/mol. The third-order valence-corrected chi connectivity index (χ3v) is 17.5. The van der Waals surface area contributed by atoms with Crippen LogP contribution in [-0.4, -0.2) is 102 Å². The van der Waals surface area contributed by atoms with Crippen molar-refractivity contribution in [2.45, 2.75) is 171 Å². The number of rotatable bonds is 13. The lowest BCUT2D eigenvalue weighted by Gasteiger charge is -2.34. The molecule has 0 amide bonds. The van der Waals surface area contributed by atoms with Crippen LogP contribution >= 0.6 is 11.3 Å². The zero-order valence-corrected chi connectivity index (χ0v) is 40.8. The van der Waals surface area contributed by atoms with Gasteiger partial charge in [-0.3, -0.25) is 0 Å². The highest BCUT2D eigenvalue weighted by Crippen LogP contribution is 2.47. The Morgan fingerprint density at radius 1 is 0.547 bits per heavy atom. The maximum atomic E-state index is 11.4. The van der Waals surface area contributed by atoms with Gasteiger partial charge in [-0.05, 0) is 183 Å². The maximum absolute atomic E-state index is 11.4. The molecule has 6 unspecified atom stereocenters. The molecule has 4 heterocycles. The fraction of sp³-hybridized carbons (Fsp3) is 0.714. The van der Waals surface area contributed by atoms with Crippen LogP contribution in [0.15, 0.2) is 72.1 Å². The van der Waals surface area contributed by atoms with E-state index < -0.39 is 16.8 Å². The number of likely N-dealkylation sites (tertiary alicyclic amines) is 3. The second-order valence-corrected chi connectivity index (χ2v) is 21.9. The molecule has 3 saturated carbocycles. The van der Waals surface area contributed by atoms with Gasteiger partial charge in [-0.25, -0.2) is 0 Å². The normalized spacial score (nSPS) is 30.9. The number of benzene rings is 2. The van der Waals surface area contributed by atoms with Crippen LogP contribution in [0.2, 0.25) is 0 Å². The van der Waals surface area contributed by atoms with Gasteiger partial charge in [0.15, 0.2) is 0 Å². The molecule has 0 bridgehead atoms. The second-order valence-electron chi connectivity index (χ2n) is 20.9. The lowest BCUT2D eigenvalue weighted by Crippen LogP contribution is -2.41. The SMILES string of the molecule is COc1cccc(C2(O)CCCC2CN2CCCCCC2)c1.OC1(CCCc2ccccc2)CCCC1CN1CCCCCC1.OC1(c2cccs2)CCCC1CN1CCCCCC1. The molecule has 6 aliphatic rings. The van der Waals surface area contributed by atoms with Crippen LogP contribution in [0.5, 0.6) is 5.75 Å². The molecular weight excluding hydrogens is 811 g/mol. The maximum Gasteiger partial charge on any atom is 0.119 e. The third-order valence-electron chi connectivity index (χ3n) is 16.5. The van der Waals surface area contributed by atoms with Crippen molar-refractivity contribution in [2.24, 2.45) is 17.8 Å². The van der Waals surface area contributed by atoms with E-state index in [1.165, 1.54) is 152 Å². The summed E-state index contributed by atoms with van der Waals surface area (Å²) < 4.78 is 5.34. The van der Waals surface area contributed by atoms with E-state index in [0.717, 1.165) is 82.3 Å². The van der Waals surface area contributed by atoms with E-state index in [0.29, 0.717) is 17.8 Å². The average Bonchev–Trinajstić information content (AvgIpc) is 3.99. The Kier molecular flexibility index (Phi) is 19.5. The number of aliphatic hydroxyl groups is 3. The predicted octanol–water partition coefficient (Wildman–Crippen LogP) is 11.6. The van der Waals surface area contributed by atoms with E-state index >= 15 is 0 Å². The molecule has 7 nitrogen and oxygen atoms in total. The Morgan fingerprint density at radius 2 is 1.06 bits per heavy atom. The van der Waals surface area contributed by atoms with Gasteiger partial charge in [-0.2, -0.15) is 0 Å². The average molecular weight is 898 g/mol. The van der Waals surface area contributed by atoms with Crippen LogP contribution < -0.4 is 4.74 Å². The number of thiophene rings is 1. The number of hydrogen-bond donors (Lipinski definition) is 3. The van der Waals surface area contributed by atoms with Gasteiger partial charge in [-0.15, -0.1) is 11.3 Å². The van der Waals surface area contributed by atoms with Crippen LogP contribution in [0, 0.1) is 17.8 Å². The van der Waals surface area contributed by atoms with Crippen molar-refractivity contribution in [3.63, 3.8) is 0 Å². The van der Waals surface area contributed by atoms with Gasteiger partial charge in [0, 0.05) is 42.3 Å². The van der Waals surface area contributed by atoms with Gasteiger partial charge < -0.3 is 34.8 Å². The van der Waals surface area contributed by atoms with Crippen LogP contribution in [-0.2, 0) is 17.6 Å². The minimum absolute atomic E-state index is 0.345. The summed E-state index contributed by atoms with van der Waals surface area (Å²) in [6.45, 7) is 10.6. The Morgan fingerprint density at radius 3 is 1.61 bits per heavy atom. The Hall–Kier alpha value is -2.30. The van der Waals surface area contributed by atoms with Crippen molar-refractivity contribution in [3.05, 3.63) is 88.1 Å². The Labute approximate surface area is 393 Å². The summed E-state index contributed by atoms with van der Waals surface area (Å²) in [7, 11) is 1.69. The van der Waals surface area contributed by atoms with Gasteiger partial charge in [0.05, 0.1) is 18.3 Å². The molecule has 3 aliphatic heterocycles. The molecule has 6 atom stereocenters. The summed E-state index contributed by atoms with van der Waals surface area (Å²) in [5, 5.41) is 35.8. The lowest BCUT2D eigenvalue weighted by molar-refractivity contribution is -0.0192. The van der Waals surface area contributed by atoms with Crippen LogP contribution in [0.3, 0.4) is 0 Å². The number of hydrogen-bond acceptors (Lipinski definition) is 8. The van der Waals surface area contributed by atoms with Crippen LogP contribution in [0.25, 0.3) is 0 Å². The molecule has 3 saturated heterocycles. The van der Waals surface area contributed by atoms with Gasteiger partial charge in [-0.1, -0.05) is 93.5 Å². The van der Waals surface area contributed by atoms with Gasteiger partial charge in [0.1, 0.15) is 11.4 Å². The van der Waals surface area contributed by atoms with E-state index in [1.54, 1.807) is 18.4 Å². The second kappa shape index (κ2) is 25.2. The van der Waals surface area contributed by atoms with E-state index in [9.17, 15) is 15.3 Å². The van der Waals surface area contributed by atoms with Gasteiger partial charge >= 0.3 is 0 Å². The van der Waals surface area contributed by atoms with Gasteiger partial charge in [0.2, 0.25) is 0 Å². The number of ether oxygens (including phenoxy) is 1. The first-order valence-electron chi connectivity index (χ1n) is 26.3. The van der Waals surface area contributed by atoms with E-state index in [-0.39, 0.29) is 0 Å². The first kappa shape index (κ1) is 49.6. The Balaban J connectivity index is 0.000000144. The first-order valence-corrected chi connectivity index (χ1v) is 27.2. The summed E-state index contributed by atoms with van der Waals surface area (Å²) in [5.74, 6) is 2.12. The largest absolute Gasteiger partial charge is 0.497 e. The van der Waals surface area contributed by atoms with Crippen LogP contribution in [0.1, 0.15) is 164 Å². The van der Waals surface area contributed by atoms with Crippen molar-refractivity contribution in [1.82, 2.24) is 14.7 Å². The summed E-state index contributed by atoms with van der Waals surface area (Å²) in [4.78, 5) is 8.99. The third kappa shape index (κ3) is 13.9. The number of nitrogens with zero attached hydrogens (tertiary/aromatic N) is 3. The molecule has 356 valence electrons. The molecule has 6 fully saturated rings. The van der Waals surface area contributed by atoms with Crippen molar-refractivity contribution in [2.75, 3.05) is 66.0 Å². The molecule has 8 heteroatoms. The molecule has 0 radical (unpaired) electrons. The van der Waals surface area contributed by atoms with E-state index in [4.69, 9.17) is 4.74 Å². The topological polar surface area (TPSA) is 79.6 Å². The highest BCUT2D eigenvalue weighted by molar-refractivity contribution is 7.10. The van der Waals surface area contributed by atoms with E-state index in [1.807, 2.05) is 18.2 Å². The van der Waals surface area contributed by atoms with E-state index in [2.05, 4.69) is 68.6 Å². The summed E-state index contributed by atoms with van der Waals surface area (Å²) in [6, 6.07) is 22.9. The van der Waals surface area contributed by atoms with Crippen molar-refractivity contribution < 1.29 is 20.1 Å². The van der Waals surface area contributed by atoms with Crippen LogP contribution in [0.4, 0.5) is 0 Å². The molecule has 3 aliphatic carbocycles. The summed E-state index contributed by atoms with van der Waals surface area (Å²) >= 11 is 1.72. The zero-order valence-electron chi connectivity index (χ0n) is 40.0. The van der Waals surface area contributed by atoms with Gasteiger partial charge in [0.25, 0.3) is 0 Å². The molecule has 9 rings (SSSR count). The first-order chi connectivity index (χ1) is 31.3. The fourth-order valence-electron chi connectivity index (χ4n) is 12.6. The Bertz CT molecular complexity index is 1720. The molecule has 0 spiro atoms. The minimum atomic E-state index is -0.680. The predicted molar refractivity (Wildman–Crippen MR) is 266 cm³/mol. The highest BCUT2D eigenvalue weighted by atomic mass is 32.1. The van der Waals surface area contributed by atoms with Crippen molar-refractivity contribution >= 4 is 11.3 Å². The molecule has 1 aromatic heterocycles. The highest BCUT2D eigenvalue weighted by Gasteiger charge is 2.45. The lowest BCUT2D eigenvalue weighted by atomic mass is 9.83. The smallest absolute Gasteiger partial charge is 0.119 e. The van der Waals surface area contributed by atoms with Crippen molar-refractivity contribution in [1.29, 1.82) is 0 Å². The number of aryl methyl sites for hydroxylation is 1. The summed E-state index contributed by atoms with van der Waals surface area (Å²) in [5.41, 5.74) is 0.810. The molecule has 3 N–H and O–H groups in total. The standard InChI is InChI=1S/C21H33NO.C19H29NO2.C16H25NOS/c23-21(14-8-12-19-10-4-3-5-11-19)15-9-13-20(21)18-22-16-6-1-2-7-17-22;1-22-18-10-6-8-16(14-18)19(21)11-7-9-17(19)15-20-12-4-2-3-5-13-20;18-16(15-8-6-12-19-15)9-5-7-14(16)13-17-10-3-1-2-4-11-17/h3-5,10-11,20,23H,1-2,6-9,12-18H2;6,8,10,14,17,21H,2-5,7,9,11-13,15H2,1H3;6,8,12,14,18H,1-5,7,9-11,13H2. The molecule has 2 aromatic carbocycles. The van der Waals surface area contributed by atoms with Crippen molar-refractivity contribution in [3.8, 4) is 5.75 Å². The quantitative estimate of drug-likeness (QED) is 0.158. The molecule has 64 heavy (non-hydrogen) atoms. The molecular formula is C56H87N3O4S. The number of methoxy groups -OCH3 is 1. The molecule has 3 aromatic rings. The zero-order chi connectivity index (χ0) is 44.5. The minimum Gasteiger partial charge on any atom is -0.497 e. The fourth-order valence-corrected chi connectivity index (χ4v) is 13.5. The summed E-state index contributed by atoms with van der Waals surface area (Å²) in [6.07, 6.45) is 29.3.